The summed E-state index contributed by atoms with van der Waals surface area (Å²) in [6.07, 6.45) is 0. The Kier molecular flexibility index (Phi) is 3.15. The summed E-state index contributed by atoms with van der Waals surface area (Å²) in [7, 11) is 0. The molecule has 3 aromatic rings. The summed E-state index contributed by atoms with van der Waals surface area (Å²) in [5.74, 6) is 1.01. The number of nitrogens with zero attached hydrogens (tertiary/aromatic N) is 3. The summed E-state index contributed by atoms with van der Waals surface area (Å²) in [6.45, 7) is 2.23. The fourth-order valence-electron chi connectivity index (χ4n) is 1.87. The van der Waals surface area contributed by atoms with Gasteiger partial charge in [-0.05, 0) is 31.2 Å². The molecule has 3 rings (SSSR count). The zero-order valence-corrected chi connectivity index (χ0v) is 11.5. The Morgan fingerprint density at radius 1 is 1.30 bits per heavy atom. The van der Waals surface area contributed by atoms with E-state index in [1.807, 2.05) is 12.1 Å². The van der Waals surface area contributed by atoms with Crippen molar-refractivity contribution >= 4 is 23.1 Å². The number of anilines is 1. The van der Waals surface area contributed by atoms with E-state index in [2.05, 4.69) is 20.4 Å². The first-order valence-electron chi connectivity index (χ1n) is 6.06. The molecule has 0 spiro atoms. The summed E-state index contributed by atoms with van der Waals surface area (Å²) >= 11 is 5.82. The Hall–Kier alpha value is -2.34. The molecule has 0 saturated carbocycles. The summed E-state index contributed by atoms with van der Waals surface area (Å²) < 4.78 is 1.33. The third kappa shape index (κ3) is 2.50. The Morgan fingerprint density at radius 3 is 2.80 bits per heavy atom. The van der Waals surface area contributed by atoms with E-state index in [9.17, 15) is 4.79 Å². The van der Waals surface area contributed by atoms with Crippen LogP contribution in [0, 0.1) is 6.92 Å². The third-order valence-corrected chi connectivity index (χ3v) is 3.06. The monoisotopic (exact) mass is 289 g/mol. The van der Waals surface area contributed by atoms with Crippen molar-refractivity contribution in [1.82, 2.24) is 19.6 Å². The maximum atomic E-state index is 11.7. The summed E-state index contributed by atoms with van der Waals surface area (Å²) in [6, 6.07) is 8.82. The van der Waals surface area contributed by atoms with E-state index < -0.39 is 0 Å². The molecule has 0 radical (unpaired) electrons. The largest absolute Gasteiger partial charge is 0.378 e. The lowest BCUT2D eigenvalue weighted by molar-refractivity contribution is 0.852. The van der Waals surface area contributed by atoms with Gasteiger partial charge in [-0.3, -0.25) is 9.89 Å². The van der Waals surface area contributed by atoms with Gasteiger partial charge in [0.1, 0.15) is 5.82 Å². The third-order valence-electron chi connectivity index (χ3n) is 2.81. The molecule has 0 fully saturated rings. The molecule has 0 aliphatic rings. The van der Waals surface area contributed by atoms with Crippen LogP contribution in [0.1, 0.15) is 11.5 Å². The van der Waals surface area contributed by atoms with Crippen molar-refractivity contribution in [3.63, 3.8) is 0 Å². The highest BCUT2D eigenvalue weighted by Gasteiger charge is 2.06. The fourth-order valence-corrected chi connectivity index (χ4v) is 2.00. The second-order valence-electron chi connectivity index (χ2n) is 4.40. The van der Waals surface area contributed by atoms with Crippen LogP contribution < -0.4 is 10.9 Å². The summed E-state index contributed by atoms with van der Waals surface area (Å²) in [5, 5.41) is 6.79. The van der Waals surface area contributed by atoms with Crippen molar-refractivity contribution in [2.24, 2.45) is 0 Å². The number of aromatic nitrogens is 4. The van der Waals surface area contributed by atoms with Crippen LogP contribution in [0.25, 0.3) is 5.78 Å². The van der Waals surface area contributed by atoms with Crippen LogP contribution >= 0.6 is 11.6 Å². The predicted molar refractivity (Wildman–Crippen MR) is 77.1 cm³/mol. The maximum Gasteiger partial charge on any atom is 0.274 e. The van der Waals surface area contributed by atoms with Crippen molar-refractivity contribution in [2.45, 2.75) is 13.5 Å². The Labute approximate surface area is 119 Å². The second kappa shape index (κ2) is 4.97. The van der Waals surface area contributed by atoms with Crippen molar-refractivity contribution in [3.05, 3.63) is 57.2 Å². The molecule has 0 unspecified atom stereocenters. The van der Waals surface area contributed by atoms with Gasteiger partial charge in [0.2, 0.25) is 0 Å². The second-order valence-corrected chi connectivity index (χ2v) is 4.84. The predicted octanol–water partition coefficient (Wildman–Crippen LogP) is 1.99. The zero-order chi connectivity index (χ0) is 14.1. The van der Waals surface area contributed by atoms with Gasteiger partial charge < -0.3 is 5.32 Å². The minimum absolute atomic E-state index is 0.169. The van der Waals surface area contributed by atoms with Gasteiger partial charge in [-0.1, -0.05) is 11.6 Å². The minimum atomic E-state index is -0.169. The molecular formula is C13H12ClN5O. The number of aryl methyl sites for hydroxylation is 1. The fraction of sp³-hybridized carbons (Fsp3) is 0.154. The average Bonchev–Trinajstić information content (AvgIpc) is 2.81. The standard InChI is InChI=1S/C13H12ClN5O/c1-8-6-12(20)19-13(16-8)17-11(18-19)7-15-10-4-2-9(14)3-5-10/h2-6,15H,7H2,1H3,(H,16,17,18). The van der Waals surface area contributed by atoms with Crippen LogP contribution in [0.5, 0.6) is 0 Å². The van der Waals surface area contributed by atoms with E-state index >= 15 is 0 Å². The van der Waals surface area contributed by atoms with Gasteiger partial charge in [-0.15, -0.1) is 0 Å². The molecule has 0 bridgehead atoms. The first kappa shape index (κ1) is 12.7. The molecule has 20 heavy (non-hydrogen) atoms. The number of aromatic amines is 1. The van der Waals surface area contributed by atoms with Gasteiger partial charge in [-0.2, -0.15) is 9.50 Å². The first-order chi connectivity index (χ1) is 9.61. The smallest absolute Gasteiger partial charge is 0.274 e. The lowest BCUT2D eigenvalue weighted by atomic mass is 10.3. The maximum absolute atomic E-state index is 11.7. The van der Waals surface area contributed by atoms with E-state index in [4.69, 9.17) is 11.6 Å². The minimum Gasteiger partial charge on any atom is -0.378 e. The van der Waals surface area contributed by atoms with Crippen LogP contribution in [0.3, 0.4) is 0 Å². The number of rotatable bonds is 3. The molecular weight excluding hydrogens is 278 g/mol. The van der Waals surface area contributed by atoms with E-state index in [1.54, 1.807) is 19.1 Å². The molecule has 2 N–H and O–H groups in total. The van der Waals surface area contributed by atoms with Gasteiger partial charge >= 0.3 is 0 Å². The molecule has 0 amide bonds. The van der Waals surface area contributed by atoms with E-state index in [1.165, 1.54) is 10.6 Å². The van der Waals surface area contributed by atoms with Crippen LogP contribution in [0.15, 0.2) is 35.1 Å². The van der Waals surface area contributed by atoms with Gasteiger partial charge in [0, 0.05) is 22.5 Å². The van der Waals surface area contributed by atoms with Crippen LogP contribution in [-0.4, -0.2) is 19.6 Å². The van der Waals surface area contributed by atoms with Gasteiger partial charge in [0.05, 0.1) is 6.54 Å². The SMILES string of the molecule is Cc1cc(=O)n2[nH]c(CNc3ccc(Cl)cc3)nc2n1. The molecule has 0 atom stereocenters. The molecule has 0 saturated heterocycles. The number of hydrogen-bond donors (Lipinski definition) is 2. The zero-order valence-electron chi connectivity index (χ0n) is 10.7. The highest BCUT2D eigenvalue weighted by atomic mass is 35.5. The van der Waals surface area contributed by atoms with Crippen LogP contribution in [0.2, 0.25) is 5.02 Å². The average molecular weight is 290 g/mol. The molecule has 7 heteroatoms. The van der Waals surface area contributed by atoms with Crippen molar-refractivity contribution in [1.29, 1.82) is 0 Å². The Bertz CT molecular complexity index is 806. The lowest BCUT2D eigenvalue weighted by Gasteiger charge is -2.03. The summed E-state index contributed by atoms with van der Waals surface area (Å²) in [5.41, 5.74) is 1.41. The molecule has 0 aliphatic carbocycles. The quantitative estimate of drug-likeness (QED) is 0.773. The highest BCUT2D eigenvalue weighted by Crippen LogP contribution is 2.13. The number of hydrogen-bond acceptors (Lipinski definition) is 4. The van der Waals surface area contributed by atoms with Crippen LogP contribution in [-0.2, 0) is 6.54 Å². The number of halogens is 1. The van der Waals surface area contributed by atoms with Gasteiger partial charge in [-0.25, -0.2) is 4.98 Å². The summed E-state index contributed by atoms with van der Waals surface area (Å²) in [4.78, 5) is 20.2. The Balaban J connectivity index is 1.83. The number of benzene rings is 1. The van der Waals surface area contributed by atoms with E-state index in [0.717, 1.165) is 5.69 Å². The van der Waals surface area contributed by atoms with E-state index in [0.29, 0.717) is 28.9 Å². The number of H-pyrrole nitrogens is 1. The lowest BCUT2D eigenvalue weighted by Crippen LogP contribution is -2.14. The molecule has 2 heterocycles. The normalized spacial score (nSPS) is 10.9. The highest BCUT2D eigenvalue weighted by molar-refractivity contribution is 6.30. The van der Waals surface area contributed by atoms with Gasteiger partial charge in [0.25, 0.3) is 11.3 Å². The molecule has 0 aliphatic heterocycles. The van der Waals surface area contributed by atoms with Crippen molar-refractivity contribution < 1.29 is 0 Å². The number of fused-ring (bicyclic) bond motifs is 1. The van der Waals surface area contributed by atoms with Crippen molar-refractivity contribution in [3.8, 4) is 0 Å². The first-order valence-corrected chi connectivity index (χ1v) is 6.44. The van der Waals surface area contributed by atoms with Gasteiger partial charge in [0.15, 0.2) is 0 Å². The molecule has 2 aromatic heterocycles. The Morgan fingerprint density at radius 2 is 2.05 bits per heavy atom. The van der Waals surface area contributed by atoms with E-state index in [-0.39, 0.29) is 5.56 Å². The van der Waals surface area contributed by atoms with Crippen LogP contribution in [0.4, 0.5) is 5.69 Å². The molecule has 102 valence electrons. The molecule has 1 aromatic carbocycles. The topological polar surface area (TPSA) is 75.1 Å². The molecule has 6 nitrogen and oxygen atoms in total. The van der Waals surface area contributed by atoms with Crippen molar-refractivity contribution in [2.75, 3.05) is 5.32 Å². The number of nitrogens with one attached hydrogen (secondary N) is 2.